The highest BCUT2D eigenvalue weighted by Crippen LogP contribution is 2.30. The largest absolute Gasteiger partial charge is 0.490 e. The van der Waals surface area contributed by atoms with Crippen LogP contribution in [0.25, 0.3) is 10.8 Å². The number of para-hydroxylation sites is 1. The Hall–Kier alpha value is -6.50. The van der Waals surface area contributed by atoms with Crippen LogP contribution in [0.1, 0.15) is 41.6 Å². The molecule has 4 aromatic carbocycles. The number of hydrogen-bond acceptors (Lipinski definition) is 8. The molecular formula is C37H33N5O8. The van der Waals surface area contributed by atoms with Gasteiger partial charge in [-0.15, -0.1) is 0 Å². The van der Waals surface area contributed by atoms with Gasteiger partial charge >= 0.3 is 12.0 Å². The minimum absolute atomic E-state index is 0.00160. The number of carboxylic acids is 1. The number of rotatable bonds is 11. The molecule has 0 saturated heterocycles. The number of nitrogens with zero attached hydrogens (tertiary/aromatic N) is 2. The quantitative estimate of drug-likeness (QED) is 0.0823. The third-order valence-electron chi connectivity index (χ3n) is 8.25. The van der Waals surface area contributed by atoms with Crippen molar-refractivity contribution in [3.63, 3.8) is 0 Å². The third-order valence-corrected chi connectivity index (χ3v) is 8.25. The SMILES string of the molecule is O=C(Cc1ccc(Oc2ccc3cc(OC4CCC(NC(=O)Nc5ccc([N+](=O)[O-])cc5)CC4)ccc3c2)nc1)Nc1ccccc1C(=O)O. The highest BCUT2D eigenvalue weighted by molar-refractivity contribution is 6.01. The molecule has 1 aliphatic rings. The Labute approximate surface area is 286 Å². The highest BCUT2D eigenvalue weighted by Gasteiger charge is 2.24. The van der Waals surface area contributed by atoms with Crippen LogP contribution in [0.15, 0.2) is 103 Å². The lowest BCUT2D eigenvalue weighted by molar-refractivity contribution is -0.384. The molecule has 5 aromatic rings. The van der Waals surface area contributed by atoms with E-state index in [1.165, 1.54) is 30.3 Å². The lowest BCUT2D eigenvalue weighted by Crippen LogP contribution is -2.41. The second kappa shape index (κ2) is 15.2. The second-order valence-corrected chi connectivity index (χ2v) is 11.8. The van der Waals surface area contributed by atoms with Gasteiger partial charge in [-0.1, -0.05) is 30.3 Å². The first-order valence-electron chi connectivity index (χ1n) is 16.0. The van der Waals surface area contributed by atoms with Crippen LogP contribution in [0, 0.1) is 10.1 Å². The number of nitro groups is 1. The van der Waals surface area contributed by atoms with Gasteiger partial charge in [0.1, 0.15) is 11.5 Å². The molecule has 6 rings (SSSR count). The van der Waals surface area contributed by atoms with E-state index in [2.05, 4.69) is 20.9 Å². The van der Waals surface area contributed by atoms with Gasteiger partial charge in [-0.05, 0) is 90.6 Å². The van der Waals surface area contributed by atoms with Crippen molar-refractivity contribution in [2.45, 2.75) is 44.2 Å². The monoisotopic (exact) mass is 675 g/mol. The predicted octanol–water partition coefficient (Wildman–Crippen LogP) is 7.33. The lowest BCUT2D eigenvalue weighted by Gasteiger charge is -2.29. The molecule has 1 heterocycles. The molecule has 0 unspecified atom stereocenters. The molecule has 13 nitrogen and oxygen atoms in total. The summed E-state index contributed by atoms with van der Waals surface area (Å²) < 4.78 is 12.2. The van der Waals surface area contributed by atoms with Crippen molar-refractivity contribution in [2.75, 3.05) is 10.6 Å². The molecular weight excluding hydrogens is 642 g/mol. The number of carbonyl (C=O) groups is 3. The molecule has 1 aliphatic carbocycles. The smallest absolute Gasteiger partial charge is 0.337 e. The first kappa shape index (κ1) is 33.4. The minimum atomic E-state index is -1.12. The van der Waals surface area contributed by atoms with Crippen molar-refractivity contribution in [2.24, 2.45) is 0 Å². The maximum atomic E-state index is 12.5. The Kier molecular flexibility index (Phi) is 10.1. The van der Waals surface area contributed by atoms with E-state index >= 15 is 0 Å². The Morgan fingerprint density at radius 3 is 2.22 bits per heavy atom. The second-order valence-electron chi connectivity index (χ2n) is 11.8. The molecule has 0 spiro atoms. The Bertz CT molecular complexity index is 2030. The van der Waals surface area contributed by atoms with Gasteiger partial charge in [0.2, 0.25) is 11.8 Å². The number of carbonyl (C=O) groups excluding carboxylic acids is 2. The molecule has 3 amide bonds. The van der Waals surface area contributed by atoms with Crippen LogP contribution in [0.5, 0.6) is 17.4 Å². The predicted molar refractivity (Wildman–Crippen MR) is 186 cm³/mol. The summed E-state index contributed by atoms with van der Waals surface area (Å²) in [5.41, 5.74) is 1.33. The summed E-state index contributed by atoms with van der Waals surface area (Å²) in [6.07, 6.45) is 4.66. The first-order chi connectivity index (χ1) is 24.2. The van der Waals surface area contributed by atoms with E-state index in [0.717, 1.165) is 42.2 Å². The average molecular weight is 676 g/mol. The van der Waals surface area contributed by atoms with Crippen LogP contribution >= 0.6 is 0 Å². The zero-order valence-corrected chi connectivity index (χ0v) is 26.7. The number of non-ortho nitro benzene ring substituents is 1. The van der Waals surface area contributed by atoms with E-state index in [0.29, 0.717) is 22.9 Å². The highest BCUT2D eigenvalue weighted by atomic mass is 16.6. The van der Waals surface area contributed by atoms with Gasteiger partial charge in [0, 0.05) is 36.1 Å². The number of carboxylic acid groups (broad SMARTS) is 1. The van der Waals surface area contributed by atoms with Crippen LogP contribution in [-0.4, -0.2) is 45.1 Å². The van der Waals surface area contributed by atoms with E-state index in [4.69, 9.17) is 9.47 Å². The van der Waals surface area contributed by atoms with Gasteiger partial charge in [-0.3, -0.25) is 14.9 Å². The molecule has 0 bridgehead atoms. The summed E-state index contributed by atoms with van der Waals surface area (Å²) in [6.45, 7) is 0. The zero-order chi connectivity index (χ0) is 35.0. The third kappa shape index (κ3) is 8.69. The number of nitro benzene ring substituents is 1. The van der Waals surface area contributed by atoms with Gasteiger partial charge < -0.3 is 30.5 Å². The number of nitrogens with one attached hydrogen (secondary N) is 3. The topological polar surface area (TPSA) is 182 Å². The van der Waals surface area contributed by atoms with Crippen LogP contribution in [-0.2, 0) is 11.2 Å². The average Bonchev–Trinajstić information content (AvgIpc) is 3.10. The van der Waals surface area contributed by atoms with Gasteiger partial charge in [-0.2, -0.15) is 0 Å². The van der Waals surface area contributed by atoms with Crippen molar-refractivity contribution in [1.82, 2.24) is 10.3 Å². The number of amides is 3. The number of aromatic carboxylic acids is 1. The standard InChI is InChI=1S/C37H33N5O8/c43-34(41-33-4-2-1-3-32(33)36(44)45)19-23-5-18-35(38-22-23)50-31-15-7-24-20-30(14-6-25(24)21-31)49-29-16-10-27(11-17-29)40-37(46)39-26-8-12-28(13-9-26)42(47)48/h1-9,12-15,18,20-22,27,29H,10-11,16-17,19H2,(H,41,43)(H,44,45)(H2,39,40,46). The molecule has 0 radical (unpaired) electrons. The number of urea groups is 1. The number of ether oxygens (including phenoxy) is 2. The van der Waals surface area contributed by atoms with Crippen molar-refractivity contribution < 1.29 is 33.9 Å². The summed E-state index contributed by atoms with van der Waals surface area (Å²) in [5, 5.41) is 30.4. The summed E-state index contributed by atoms with van der Waals surface area (Å²) in [7, 11) is 0. The molecule has 1 aromatic heterocycles. The molecule has 0 atom stereocenters. The number of hydrogen-bond donors (Lipinski definition) is 4. The number of anilines is 2. The maximum absolute atomic E-state index is 12.5. The molecule has 0 aliphatic heterocycles. The summed E-state index contributed by atoms with van der Waals surface area (Å²) in [5.74, 6) is 0.229. The van der Waals surface area contributed by atoms with E-state index < -0.39 is 10.9 Å². The zero-order valence-electron chi connectivity index (χ0n) is 26.7. The number of pyridine rings is 1. The van der Waals surface area contributed by atoms with Gasteiger partial charge in [0.25, 0.3) is 5.69 Å². The van der Waals surface area contributed by atoms with Crippen molar-refractivity contribution in [3.05, 3.63) is 124 Å². The van der Waals surface area contributed by atoms with Crippen LogP contribution in [0.2, 0.25) is 0 Å². The van der Waals surface area contributed by atoms with Gasteiger partial charge in [0.15, 0.2) is 0 Å². The van der Waals surface area contributed by atoms with Crippen molar-refractivity contribution in [3.8, 4) is 17.4 Å². The van der Waals surface area contributed by atoms with E-state index in [1.807, 2.05) is 36.4 Å². The van der Waals surface area contributed by atoms with Crippen LogP contribution in [0.3, 0.4) is 0 Å². The Morgan fingerprint density at radius 2 is 1.54 bits per heavy atom. The van der Waals surface area contributed by atoms with Gasteiger partial charge in [-0.25, -0.2) is 14.6 Å². The summed E-state index contributed by atoms with van der Waals surface area (Å²) in [4.78, 5) is 51.0. The molecule has 50 heavy (non-hydrogen) atoms. The van der Waals surface area contributed by atoms with E-state index in [9.17, 15) is 29.6 Å². The fourth-order valence-corrected chi connectivity index (χ4v) is 5.73. The van der Waals surface area contributed by atoms with Crippen molar-refractivity contribution >= 4 is 45.7 Å². The number of fused-ring (bicyclic) bond motifs is 1. The van der Waals surface area contributed by atoms with Crippen LogP contribution in [0.4, 0.5) is 21.9 Å². The normalized spacial score (nSPS) is 15.4. The molecule has 254 valence electrons. The maximum Gasteiger partial charge on any atom is 0.337 e. The molecule has 1 fully saturated rings. The molecule has 1 saturated carbocycles. The first-order valence-corrected chi connectivity index (χ1v) is 16.0. The summed E-state index contributed by atoms with van der Waals surface area (Å²) >= 11 is 0. The van der Waals surface area contributed by atoms with Gasteiger partial charge in [0.05, 0.1) is 28.7 Å². The van der Waals surface area contributed by atoms with E-state index in [-0.39, 0.29) is 47.4 Å². The Balaban J connectivity index is 0.963. The fraction of sp³-hybridized carbons (Fsp3) is 0.189. The molecule has 4 N–H and O–H groups in total. The van der Waals surface area contributed by atoms with E-state index in [1.54, 1.807) is 36.5 Å². The lowest BCUT2D eigenvalue weighted by atomic mass is 9.93. The number of aromatic nitrogens is 1. The van der Waals surface area contributed by atoms with Crippen molar-refractivity contribution in [1.29, 1.82) is 0 Å². The number of benzene rings is 4. The fourth-order valence-electron chi connectivity index (χ4n) is 5.73. The van der Waals surface area contributed by atoms with Crippen LogP contribution < -0.4 is 25.4 Å². The minimum Gasteiger partial charge on any atom is -0.490 e. The molecule has 13 heteroatoms. The summed E-state index contributed by atoms with van der Waals surface area (Å²) in [6, 6.07) is 26.5. The Morgan fingerprint density at radius 1 is 0.840 bits per heavy atom.